The second kappa shape index (κ2) is 7.30. The number of nitrogens with one attached hydrogen (secondary N) is 2. The van der Waals surface area contributed by atoms with Gasteiger partial charge in [-0.3, -0.25) is 4.68 Å². The van der Waals surface area contributed by atoms with Gasteiger partial charge >= 0.3 is 6.18 Å². The number of halogens is 3. The van der Waals surface area contributed by atoms with Gasteiger partial charge in [-0.05, 0) is 38.8 Å². The van der Waals surface area contributed by atoms with E-state index in [0.717, 1.165) is 18.9 Å². The molecule has 0 atom stereocenters. The van der Waals surface area contributed by atoms with Crippen molar-refractivity contribution in [2.24, 2.45) is 0 Å². The average Bonchev–Trinajstić information content (AvgIpc) is 3.40. The third-order valence-electron chi connectivity index (χ3n) is 4.10. The first-order chi connectivity index (χ1) is 13.8. The molecular formula is C18H19F3N8. The van der Waals surface area contributed by atoms with Crippen molar-refractivity contribution in [2.75, 3.05) is 10.6 Å². The van der Waals surface area contributed by atoms with Gasteiger partial charge in [-0.1, -0.05) is 6.07 Å². The SMILES string of the molecule is CC(C)Nc1nc(Nc2cnn(C3CC3)c2)nc(-c2cccc(C(F)(F)F)n2)n1. The fourth-order valence-corrected chi connectivity index (χ4v) is 2.66. The molecule has 1 saturated carbocycles. The third kappa shape index (κ3) is 4.61. The molecule has 0 unspecified atom stereocenters. The van der Waals surface area contributed by atoms with Crippen LogP contribution in [0.15, 0.2) is 30.6 Å². The quantitative estimate of drug-likeness (QED) is 0.640. The molecule has 1 aliphatic rings. The van der Waals surface area contributed by atoms with Crippen molar-refractivity contribution in [3.63, 3.8) is 0 Å². The molecule has 0 aromatic carbocycles. The summed E-state index contributed by atoms with van der Waals surface area (Å²) in [5.41, 5.74) is -0.318. The van der Waals surface area contributed by atoms with Crippen LogP contribution in [0.5, 0.6) is 0 Å². The highest BCUT2D eigenvalue weighted by molar-refractivity contribution is 5.58. The Balaban J connectivity index is 1.68. The minimum atomic E-state index is -4.56. The molecule has 29 heavy (non-hydrogen) atoms. The fraction of sp³-hybridized carbons (Fsp3) is 0.389. The Kier molecular flexibility index (Phi) is 4.81. The number of hydrogen-bond acceptors (Lipinski definition) is 7. The predicted octanol–water partition coefficient (Wildman–Crippen LogP) is 4.05. The van der Waals surface area contributed by atoms with E-state index in [9.17, 15) is 13.2 Å². The lowest BCUT2D eigenvalue weighted by Gasteiger charge is -2.12. The first-order valence-electron chi connectivity index (χ1n) is 9.16. The normalized spacial score (nSPS) is 14.3. The Hall–Kier alpha value is -3.24. The molecule has 11 heteroatoms. The maximum absolute atomic E-state index is 13.0. The molecule has 8 nitrogen and oxygen atoms in total. The van der Waals surface area contributed by atoms with Crippen molar-refractivity contribution in [3.05, 3.63) is 36.3 Å². The third-order valence-corrected chi connectivity index (χ3v) is 4.10. The predicted molar refractivity (Wildman–Crippen MR) is 101 cm³/mol. The van der Waals surface area contributed by atoms with E-state index in [2.05, 4.69) is 35.7 Å². The van der Waals surface area contributed by atoms with Gasteiger partial charge in [-0.15, -0.1) is 0 Å². The van der Waals surface area contributed by atoms with Gasteiger partial charge in [0.1, 0.15) is 11.4 Å². The van der Waals surface area contributed by atoms with Crippen LogP contribution in [-0.2, 0) is 6.18 Å². The van der Waals surface area contributed by atoms with E-state index in [-0.39, 0.29) is 29.5 Å². The molecule has 3 heterocycles. The summed E-state index contributed by atoms with van der Waals surface area (Å²) in [6.45, 7) is 3.80. The van der Waals surface area contributed by atoms with Crippen LogP contribution in [0.3, 0.4) is 0 Å². The van der Waals surface area contributed by atoms with Gasteiger partial charge in [0, 0.05) is 12.2 Å². The van der Waals surface area contributed by atoms with Crippen molar-refractivity contribution < 1.29 is 13.2 Å². The molecule has 4 rings (SSSR count). The molecule has 3 aromatic rings. The summed E-state index contributed by atoms with van der Waals surface area (Å²) in [6, 6.07) is 4.05. The Morgan fingerprint density at radius 1 is 1.07 bits per heavy atom. The lowest BCUT2D eigenvalue weighted by molar-refractivity contribution is -0.141. The van der Waals surface area contributed by atoms with Crippen LogP contribution in [0.2, 0.25) is 0 Å². The highest BCUT2D eigenvalue weighted by Crippen LogP contribution is 2.35. The maximum Gasteiger partial charge on any atom is 0.433 e. The van der Waals surface area contributed by atoms with E-state index in [1.54, 1.807) is 6.20 Å². The number of rotatable bonds is 6. The molecule has 1 fully saturated rings. The average molecular weight is 404 g/mol. The van der Waals surface area contributed by atoms with Gasteiger partial charge in [0.05, 0.1) is 17.9 Å². The Morgan fingerprint density at radius 2 is 1.83 bits per heavy atom. The van der Waals surface area contributed by atoms with Crippen LogP contribution in [0, 0.1) is 0 Å². The molecular weight excluding hydrogens is 385 g/mol. The van der Waals surface area contributed by atoms with Crippen LogP contribution >= 0.6 is 0 Å². The molecule has 2 N–H and O–H groups in total. The zero-order valence-corrected chi connectivity index (χ0v) is 15.8. The first kappa shape index (κ1) is 19.1. The summed E-state index contributed by atoms with van der Waals surface area (Å²) in [5.74, 6) is 0.459. The molecule has 3 aromatic heterocycles. The summed E-state index contributed by atoms with van der Waals surface area (Å²) < 4.78 is 40.9. The molecule has 0 bridgehead atoms. The van der Waals surface area contributed by atoms with Crippen molar-refractivity contribution in [1.29, 1.82) is 0 Å². The molecule has 1 aliphatic carbocycles. The maximum atomic E-state index is 13.0. The van der Waals surface area contributed by atoms with Crippen LogP contribution in [0.4, 0.5) is 30.8 Å². The zero-order chi connectivity index (χ0) is 20.6. The molecule has 0 aliphatic heterocycles. The van der Waals surface area contributed by atoms with E-state index in [1.807, 2.05) is 24.7 Å². The highest BCUT2D eigenvalue weighted by atomic mass is 19.4. The van der Waals surface area contributed by atoms with E-state index in [0.29, 0.717) is 11.7 Å². The van der Waals surface area contributed by atoms with Crippen molar-refractivity contribution >= 4 is 17.6 Å². The summed E-state index contributed by atoms with van der Waals surface area (Å²) in [5, 5.41) is 10.4. The topological polar surface area (TPSA) is 93.4 Å². The molecule has 0 saturated heterocycles. The number of nitrogens with zero attached hydrogens (tertiary/aromatic N) is 6. The van der Waals surface area contributed by atoms with E-state index < -0.39 is 11.9 Å². The Morgan fingerprint density at radius 3 is 2.52 bits per heavy atom. The number of aromatic nitrogens is 6. The van der Waals surface area contributed by atoms with Crippen molar-refractivity contribution in [2.45, 2.75) is 44.9 Å². The van der Waals surface area contributed by atoms with Gasteiger partial charge in [-0.2, -0.15) is 33.2 Å². The number of pyridine rings is 1. The Labute approximate surface area is 164 Å². The Bertz CT molecular complexity index is 1010. The minimum Gasteiger partial charge on any atom is -0.352 e. The molecule has 0 radical (unpaired) electrons. The molecule has 0 spiro atoms. The number of alkyl halides is 3. The standard InChI is InChI=1S/C18H19F3N8/c1-10(2)23-16-26-15(13-4-3-5-14(25-13)18(19,20)21)27-17(28-16)24-11-8-22-29(9-11)12-6-7-12/h3-5,8-10,12H,6-7H2,1-2H3,(H2,23,24,26,27,28). The van der Waals surface area contributed by atoms with Crippen molar-refractivity contribution in [3.8, 4) is 11.5 Å². The summed E-state index contributed by atoms with van der Waals surface area (Å²) >= 11 is 0. The summed E-state index contributed by atoms with van der Waals surface area (Å²) in [6.07, 6.45) is 1.14. The zero-order valence-electron chi connectivity index (χ0n) is 15.8. The first-order valence-corrected chi connectivity index (χ1v) is 9.16. The number of anilines is 3. The van der Waals surface area contributed by atoms with Crippen LogP contribution in [-0.4, -0.2) is 35.8 Å². The highest BCUT2D eigenvalue weighted by Gasteiger charge is 2.32. The molecule has 152 valence electrons. The summed E-state index contributed by atoms with van der Waals surface area (Å²) in [4.78, 5) is 16.5. The largest absolute Gasteiger partial charge is 0.433 e. The van der Waals surface area contributed by atoms with Gasteiger partial charge in [0.2, 0.25) is 11.9 Å². The lowest BCUT2D eigenvalue weighted by atomic mass is 10.3. The fourth-order valence-electron chi connectivity index (χ4n) is 2.66. The van der Waals surface area contributed by atoms with Gasteiger partial charge in [0.15, 0.2) is 5.82 Å². The van der Waals surface area contributed by atoms with Crippen molar-refractivity contribution in [1.82, 2.24) is 29.7 Å². The van der Waals surface area contributed by atoms with E-state index >= 15 is 0 Å². The van der Waals surface area contributed by atoms with Gasteiger partial charge < -0.3 is 10.6 Å². The van der Waals surface area contributed by atoms with Crippen LogP contribution < -0.4 is 10.6 Å². The van der Waals surface area contributed by atoms with Crippen LogP contribution in [0.25, 0.3) is 11.5 Å². The smallest absolute Gasteiger partial charge is 0.352 e. The van der Waals surface area contributed by atoms with Crippen LogP contribution in [0.1, 0.15) is 38.4 Å². The van der Waals surface area contributed by atoms with Gasteiger partial charge in [0.25, 0.3) is 0 Å². The number of hydrogen-bond donors (Lipinski definition) is 2. The second-order valence-electron chi connectivity index (χ2n) is 7.08. The van der Waals surface area contributed by atoms with Gasteiger partial charge in [-0.25, -0.2) is 4.98 Å². The van der Waals surface area contributed by atoms with E-state index in [1.165, 1.54) is 12.1 Å². The lowest BCUT2D eigenvalue weighted by Crippen LogP contribution is -2.15. The van der Waals surface area contributed by atoms with E-state index in [4.69, 9.17) is 0 Å². The minimum absolute atomic E-state index is 0.00533. The molecule has 0 amide bonds. The summed E-state index contributed by atoms with van der Waals surface area (Å²) in [7, 11) is 0. The second-order valence-corrected chi connectivity index (χ2v) is 7.08. The monoisotopic (exact) mass is 404 g/mol.